The first-order valence-electron chi connectivity index (χ1n) is 8.96. The molecule has 2 heterocycles. The number of hydrogen-bond donors (Lipinski definition) is 1. The summed E-state index contributed by atoms with van der Waals surface area (Å²) in [5, 5.41) is 12.6. The van der Waals surface area contributed by atoms with Crippen molar-refractivity contribution in [3.63, 3.8) is 0 Å². The average Bonchev–Trinajstić information content (AvgIpc) is 3.13. The zero-order chi connectivity index (χ0) is 21.7. The van der Waals surface area contributed by atoms with Gasteiger partial charge in [-0.15, -0.1) is 23.4 Å². The lowest BCUT2D eigenvalue weighted by atomic mass is 9.92. The quantitative estimate of drug-likeness (QED) is 0.609. The number of alkyl halides is 3. The minimum atomic E-state index is -4.64. The van der Waals surface area contributed by atoms with Gasteiger partial charge in [-0.2, -0.15) is 0 Å². The van der Waals surface area contributed by atoms with E-state index in [9.17, 15) is 18.0 Å². The van der Waals surface area contributed by atoms with Crippen molar-refractivity contribution in [1.82, 2.24) is 20.5 Å². The smallest absolute Gasteiger partial charge is 0.368 e. The molecule has 1 saturated carbocycles. The van der Waals surface area contributed by atoms with Crippen LogP contribution in [-0.2, 0) is 14.3 Å². The molecule has 0 saturated heterocycles. The number of carbonyl (C=O) groups is 1. The molecule has 1 aliphatic rings. The van der Waals surface area contributed by atoms with E-state index in [4.69, 9.17) is 16.3 Å². The van der Waals surface area contributed by atoms with E-state index < -0.39 is 18.6 Å². The van der Waals surface area contributed by atoms with Crippen molar-refractivity contribution in [3.05, 3.63) is 34.9 Å². The predicted octanol–water partition coefficient (Wildman–Crippen LogP) is 3.86. The van der Waals surface area contributed by atoms with Gasteiger partial charge in [0.15, 0.2) is 5.01 Å². The van der Waals surface area contributed by atoms with E-state index in [-0.39, 0.29) is 25.4 Å². The zero-order valence-electron chi connectivity index (χ0n) is 15.6. The van der Waals surface area contributed by atoms with Crippen LogP contribution in [0.2, 0.25) is 5.02 Å². The minimum absolute atomic E-state index is 0.117. The summed E-state index contributed by atoms with van der Waals surface area (Å²) in [5.41, 5.74) is 1.36. The Morgan fingerprint density at radius 1 is 1.30 bits per heavy atom. The highest BCUT2D eigenvalue weighted by Crippen LogP contribution is 2.32. The molecular weight excluding hydrogens is 445 g/mol. The third kappa shape index (κ3) is 6.73. The maximum atomic E-state index is 12.0. The molecule has 1 amide bonds. The Morgan fingerprint density at radius 3 is 2.73 bits per heavy atom. The first-order chi connectivity index (χ1) is 14.2. The highest BCUT2D eigenvalue weighted by atomic mass is 35.5. The molecule has 0 spiro atoms. The largest absolute Gasteiger partial charge is 0.522 e. The van der Waals surface area contributed by atoms with Crippen LogP contribution in [0.4, 0.5) is 13.2 Å². The molecule has 2 aromatic rings. The fraction of sp³-hybridized carbons (Fsp3) is 0.444. The van der Waals surface area contributed by atoms with Gasteiger partial charge in [0.2, 0.25) is 5.91 Å². The Hall–Kier alpha value is -2.08. The number of halogens is 4. The Labute approximate surface area is 179 Å². The highest BCUT2D eigenvalue weighted by molar-refractivity contribution is 7.15. The molecule has 3 rings (SSSR count). The van der Waals surface area contributed by atoms with Crippen LogP contribution < -0.4 is 5.32 Å². The van der Waals surface area contributed by atoms with Gasteiger partial charge in [-0.1, -0.05) is 29.5 Å². The van der Waals surface area contributed by atoms with Crippen molar-refractivity contribution in [3.8, 4) is 10.7 Å². The number of ether oxygens (including phenoxy) is 2. The summed E-state index contributed by atoms with van der Waals surface area (Å²) >= 11 is 7.15. The van der Waals surface area contributed by atoms with Crippen molar-refractivity contribution in [1.29, 1.82) is 0 Å². The molecular formula is C18H18ClF3N4O3S. The molecule has 162 valence electrons. The molecule has 0 aliphatic heterocycles. The summed E-state index contributed by atoms with van der Waals surface area (Å²) in [6.45, 7) is 4.05. The molecule has 12 heteroatoms. The van der Waals surface area contributed by atoms with Crippen molar-refractivity contribution in [2.45, 2.75) is 37.8 Å². The van der Waals surface area contributed by atoms with Gasteiger partial charge in [0.25, 0.3) is 0 Å². The molecule has 7 nitrogen and oxygen atoms in total. The Morgan fingerprint density at radius 2 is 2.07 bits per heavy atom. The molecule has 1 fully saturated rings. The van der Waals surface area contributed by atoms with E-state index in [1.54, 1.807) is 12.1 Å². The molecule has 2 aromatic heterocycles. The summed E-state index contributed by atoms with van der Waals surface area (Å²) in [6, 6.07) is 3.46. The number of amides is 1. The molecule has 0 unspecified atom stereocenters. The Kier molecular flexibility index (Phi) is 7.40. The Balaban J connectivity index is 1.33. The summed E-state index contributed by atoms with van der Waals surface area (Å²) in [6.07, 6.45) is -3.73. The van der Waals surface area contributed by atoms with Crippen LogP contribution in [0.5, 0.6) is 0 Å². The number of aromatic nitrogens is 3. The van der Waals surface area contributed by atoms with Crippen LogP contribution >= 0.6 is 22.9 Å². The van der Waals surface area contributed by atoms with Crippen LogP contribution in [0.15, 0.2) is 24.9 Å². The topological polar surface area (TPSA) is 86.2 Å². The molecule has 0 aromatic carbocycles. The zero-order valence-corrected chi connectivity index (χ0v) is 17.2. The van der Waals surface area contributed by atoms with Crippen LogP contribution in [0.3, 0.4) is 0 Å². The van der Waals surface area contributed by atoms with Crippen molar-refractivity contribution in [2.75, 3.05) is 13.2 Å². The number of nitrogens with zero attached hydrogens (tertiary/aromatic N) is 3. The second-order valence-electron chi connectivity index (χ2n) is 6.57. The van der Waals surface area contributed by atoms with Gasteiger partial charge in [0, 0.05) is 25.6 Å². The first-order valence-corrected chi connectivity index (χ1v) is 10.2. The van der Waals surface area contributed by atoms with Gasteiger partial charge in [-0.3, -0.25) is 14.5 Å². The van der Waals surface area contributed by atoms with E-state index in [2.05, 4.69) is 31.8 Å². The standard InChI is InChI=1S/C18H18ClF3N4O3S/c1-10(16-25-26-17(30-16)14-3-2-11(19)8-24-14)4-5-23-15(27)9-28-12-6-13(7-12)29-18(20,21)22/h2-3,8,12-13H,1,4-7,9H2,(H,23,27). The number of carbonyl (C=O) groups excluding carboxylic acids is 1. The average molecular weight is 463 g/mol. The van der Waals surface area contributed by atoms with Gasteiger partial charge < -0.3 is 10.1 Å². The van der Waals surface area contributed by atoms with Gasteiger partial charge in [-0.25, -0.2) is 0 Å². The van der Waals surface area contributed by atoms with E-state index in [1.807, 2.05) is 0 Å². The molecule has 1 N–H and O–H groups in total. The summed E-state index contributed by atoms with van der Waals surface area (Å²) < 4.78 is 45.3. The molecule has 30 heavy (non-hydrogen) atoms. The van der Waals surface area contributed by atoms with Crippen molar-refractivity contribution in [2.24, 2.45) is 0 Å². The molecule has 0 atom stereocenters. The van der Waals surface area contributed by atoms with Gasteiger partial charge in [0.05, 0.1) is 17.2 Å². The van der Waals surface area contributed by atoms with Crippen LogP contribution in [-0.4, -0.2) is 52.8 Å². The summed E-state index contributed by atoms with van der Waals surface area (Å²) in [7, 11) is 0. The van der Waals surface area contributed by atoms with Crippen LogP contribution in [0.1, 0.15) is 24.3 Å². The molecule has 0 bridgehead atoms. The SMILES string of the molecule is C=C(CCNC(=O)COC1CC(OC(F)(F)F)C1)c1nnc(-c2ccc(Cl)cn2)s1. The monoisotopic (exact) mass is 462 g/mol. The number of hydrogen-bond acceptors (Lipinski definition) is 7. The second kappa shape index (κ2) is 9.82. The first kappa shape index (κ1) is 22.6. The highest BCUT2D eigenvalue weighted by Gasteiger charge is 2.40. The van der Waals surface area contributed by atoms with Gasteiger partial charge in [0.1, 0.15) is 17.3 Å². The lowest BCUT2D eigenvalue weighted by Crippen LogP contribution is -2.42. The van der Waals surface area contributed by atoms with E-state index in [0.29, 0.717) is 39.3 Å². The van der Waals surface area contributed by atoms with E-state index >= 15 is 0 Å². The second-order valence-corrected chi connectivity index (χ2v) is 7.98. The molecule has 0 radical (unpaired) electrons. The third-order valence-corrected chi connectivity index (χ3v) is 5.50. The maximum Gasteiger partial charge on any atom is 0.522 e. The minimum Gasteiger partial charge on any atom is -0.368 e. The van der Waals surface area contributed by atoms with Crippen molar-refractivity contribution < 1.29 is 27.4 Å². The fourth-order valence-corrected chi connectivity index (χ4v) is 3.54. The number of pyridine rings is 1. The lowest BCUT2D eigenvalue weighted by Gasteiger charge is -2.34. The van der Waals surface area contributed by atoms with E-state index in [1.165, 1.54) is 17.5 Å². The van der Waals surface area contributed by atoms with Crippen molar-refractivity contribution >= 4 is 34.4 Å². The lowest BCUT2D eigenvalue weighted by molar-refractivity contribution is -0.357. The summed E-state index contributed by atoms with van der Waals surface area (Å²) in [4.78, 5) is 16.0. The number of nitrogens with one attached hydrogen (secondary N) is 1. The van der Waals surface area contributed by atoms with E-state index in [0.717, 1.165) is 0 Å². The Bertz CT molecular complexity index is 886. The normalized spacial score (nSPS) is 18.7. The van der Waals surface area contributed by atoms with Gasteiger partial charge in [-0.05, 0) is 24.1 Å². The fourth-order valence-electron chi connectivity index (χ4n) is 2.61. The van der Waals surface area contributed by atoms with Crippen LogP contribution in [0, 0.1) is 0 Å². The van der Waals surface area contributed by atoms with Crippen LogP contribution in [0.25, 0.3) is 16.3 Å². The predicted molar refractivity (Wildman–Crippen MR) is 105 cm³/mol. The third-order valence-electron chi connectivity index (χ3n) is 4.22. The summed E-state index contributed by atoms with van der Waals surface area (Å²) in [5.74, 6) is -0.355. The molecule has 1 aliphatic carbocycles. The maximum absolute atomic E-state index is 12.0. The number of rotatable bonds is 9. The van der Waals surface area contributed by atoms with Gasteiger partial charge >= 0.3 is 6.36 Å².